The molecule has 0 amide bonds. The number of nitrogens with zero attached hydrogens (tertiary/aromatic N) is 3. The molecule has 0 aliphatic carbocycles. The molecule has 0 atom stereocenters. The predicted octanol–water partition coefficient (Wildman–Crippen LogP) is 2.76. The molecule has 3 rings (SSSR count). The zero-order valence-corrected chi connectivity index (χ0v) is 15.1. The summed E-state index contributed by atoms with van der Waals surface area (Å²) in [5, 5.41) is 4.71. The summed E-state index contributed by atoms with van der Waals surface area (Å²) >= 11 is 5.82. The van der Waals surface area contributed by atoms with Gasteiger partial charge < -0.3 is 0 Å². The number of hydrogen-bond acceptors (Lipinski definition) is 4. The Morgan fingerprint density at radius 3 is 2.64 bits per heavy atom. The monoisotopic (exact) mass is 376 g/mol. The van der Waals surface area contributed by atoms with Crippen molar-refractivity contribution in [1.29, 1.82) is 0 Å². The lowest BCUT2D eigenvalue weighted by atomic mass is 10.1. The molecule has 0 unspecified atom stereocenters. The molecule has 130 valence electrons. The molecule has 2 heterocycles. The lowest BCUT2D eigenvalue weighted by Gasteiger charge is -2.10. The number of benzene rings is 1. The molecule has 0 aliphatic rings. The maximum Gasteiger partial charge on any atom is 0.216 e. The molecule has 0 fully saturated rings. The summed E-state index contributed by atoms with van der Waals surface area (Å²) in [5.74, 6) is -0.105. The van der Waals surface area contributed by atoms with Gasteiger partial charge in [0.25, 0.3) is 0 Å². The van der Waals surface area contributed by atoms with Crippen molar-refractivity contribution in [3.8, 4) is 11.3 Å². The molecular weight excluding hydrogens is 360 g/mol. The topological polar surface area (TPSA) is 76.9 Å². The molecule has 0 spiro atoms. The molecule has 2 aromatic heterocycles. The van der Waals surface area contributed by atoms with E-state index in [4.69, 9.17) is 11.6 Å². The Morgan fingerprint density at radius 2 is 1.96 bits per heavy atom. The molecule has 25 heavy (non-hydrogen) atoms. The first-order chi connectivity index (χ1) is 11.9. The van der Waals surface area contributed by atoms with Gasteiger partial charge >= 0.3 is 0 Å². The van der Waals surface area contributed by atoms with Crippen molar-refractivity contribution >= 4 is 21.6 Å². The van der Waals surface area contributed by atoms with Gasteiger partial charge in [-0.05, 0) is 29.3 Å². The van der Waals surface area contributed by atoms with E-state index in [1.807, 2.05) is 19.3 Å². The molecule has 0 aliphatic heterocycles. The molecule has 1 N–H and O–H groups in total. The molecule has 0 saturated heterocycles. The number of rotatable bonds is 6. The van der Waals surface area contributed by atoms with Crippen molar-refractivity contribution in [2.45, 2.75) is 12.3 Å². The average molecular weight is 377 g/mol. The Kier molecular flexibility index (Phi) is 5.17. The van der Waals surface area contributed by atoms with Crippen LogP contribution < -0.4 is 4.72 Å². The number of pyridine rings is 1. The van der Waals surface area contributed by atoms with Crippen LogP contribution in [0.2, 0.25) is 5.02 Å². The quantitative estimate of drug-likeness (QED) is 0.717. The fourth-order valence-corrected chi connectivity index (χ4v) is 3.66. The molecule has 6 nitrogen and oxygen atoms in total. The Morgan fingerprint density at radius 1 is 1.20 bits per heavy atom. The van der Waals surface area contributed by atoms with Gasteiger partial charge in [0.05, 0.1) is 17.6 Å². The van der Waals surface area contributed by atoms with E-state index >= 15 is 0 Å². The van der Waals surface area contributed by atoms with E-state index < -0.39 is 10.0 Å². The van der Waals surface area contributed by atoms with E-state index in [-0.39, 0.29) is 12.3 Å². The Labute approximate surface area is 151 Å². The van der Waals surface area contributed by atoms with E-state index in [1.54, 1.807) is 47.4 Å². The second-order valence-electron chi connectivity index (χ2n) is 5.62. The zero-order valence-electron chi connectivity index (χ0n) is 13.6. The van der Waals surface area contributed by atoms with Crippen molar-refractivity contribution < 1.29 is 8.42 Å². The highest BCUT2D eigenvalue weighted by Crippen LogP contribution is 2.20. The molecule has 0 bridgehead atoms. The van der Waals surface area contributed by atoms with Crippen LogP contribution in [-0.4, -0.2) is 23.2 Å². The maximum atomic E-state index is 12.3. The van der Waals surface area contributed by atoms with Crippen molar-refractivity contribution in [2.24, 2.45) is 7.05 Å². The van der Waals surface area contributed by atoms with Gasteiger partial charge in [0.15, 0.2) is 0 Å². The van der Waals surface area contributed by atoms with Crippen LogP contribution >= 0.6 is 11.6 Å². The molecule has 0 radical (unpaired) electrons. The van der Waals surface area contributed by atoms with Crippen LogP contribution in [0, 0.1) is 0 Å². The standard InChI is InChI=1S/C17H17ClN4O2S/c1-22-11-15(9-20-22)17-14(3-2-8-19-17)10-21-25(23,24)12-13-4-6-16(18)7-5-13/h2-9,11,21H,10,12H2,1H3. The van der Waals surface area contributed by atoms with Gasteiger partial charge in [0.2, 0.25) is 10.0 Å². The van der Waals surface area contributed by atoms with E-state index in [9.17, 15) is 8.42 Å². The predicted molar refractivity (Wildman–Crippen MR) is 97.4 cm³/mol. The van der Waals surface area contributed by atoms with Crippen LogP contribution in [0.15, 0.2) is 55.0 Å². The minimum atomic E-state index is -3.48. The summed E-state index contributed by atoms with van der Waals surface area (Å²) in [6.45, 7) is 0.161. The largest absolute Gasteiger partial charge is 0.275 e. The number of sulfonamides is 1. The lowest BCUT2D eigenvalue weighted by Crippen LogP contribution is -2.25. The average Bonchev–Trinajstić information content (AvgIpc) is 3.02. The van der Waals surface area contributed by atoms with Gasteiger partial charge in [-0.25, -0.2) is 13.1 Å². The van der Waals surface area contributed by atoms with Crippen molar-refractivity contribution in [3.63, 3.8) is 0 Å². The van der Waals surface area contributed by atoms with Crippen molar-refractivity contribution in [2.75, 3.05) is 0 Å². The number of nitrogens with one attached hydrogen (secondary N) is 1. The van der Waals surface area contributed by atoms with Gasteiger partial charge in [-0.3, -0.25) is 9.67 Å². The number of aromatic nitrogens is 3. The van der Waals surface area contributed by atoms with E-state index in [0.717, 1.165) is 11.1 Å². The third-order valence-electron chi connectivity index (χ3n) is 3.62. The van der Waals surface area contributed by atoms with E-state index in [2.05, 4.69) is 14.8 Å². The van der Waals surface area contributed by atoms with Crippen LogP contribution in [0.5, 0.6) is 0 Å². The fraction of sp³-hybridized carbons (Fsp3) is 0.176. The van der Waals surface area contributed by atoms with Crippen LogP contribution in [-0.2, 0) is 29.4 Å². The van der Waals surface area contributed by atoms with Crippen LogP contribution in [0.4, 0.5) is 0 Å². The first-order valence-electron chi connectivity index (χ1n) is 7.58. The minimum Gasteiger partial charge on any atom is -0.275 e. The second kappa shape index (κ2) is 7.35. The van der Waals surface area contributed by atoms with Gasteiger partial charge in [0, 0.05) is 36.6 Å². The molecular formula is C17H17ClN4O2S. The van der Waals surface area contributed by atoms with Crippen LogP contribution in [0.1, 0.15) is 11.1 Å². The highest BCUT2D eigenvalue weighted by atomic mass is 35.5. The van der Waals surface area contributed by atoms with Crippen molar-refractivity contribution in [3.05, 3.63) is 71.1 Å². The molecule has 1 aromatic carbocycles. The molecule has 8 heteroatoms. The zero-order chi connectivity index (χ0) is 17.9. The number of halogens is 1. The highest BCUT2D eigenvalue weighted by Gasteiger charge is 2.14. The van der Waals surface area contributed by atoms with Crippen molar-refractivity contribution in [1.82, 2.24) is 19.5 Å². The summed E-state index contributed by atoms with van der Waals surface area (Å²) in [4.78, 5) is 4.35. The Hall–Kier alpha value is -2.22. The minimum absolute atomic E-state index is 0.105. The number of aryl methyl sites for hydroxylation is 1. The fourth-order valence-electron chi connectivity index (χ4n) is 2.42. The van der Waals surface area contributed by atoms with Gasteiger partial charge in [-0.2, -0.15) is 5.10 Å². The van der Waals surface area contributed by atoms with Crippen LogP contribution in [0.3, 0.4) is 0 Å². The first kappa shape index (κ1) is 17.6. The normalized spacial score (nSPS) is 11.6. The highest BCUT2D eigenvalue weighted by molar-refractivity contribution is 7.88. The smallest absolute Gasteiger partial charge is 0.216 e. The number of hydrogen-bond donors (Lipinski definition) is 1. The van der Waals surface area contributed by atoms with E-state index in [1.165, 1.54) is 0 Å². The summed E-state index contributed by atoms with van der Waals surface area (Å²) in [6.07, 6.45) is 5.22. The molecule has 0 saturated carbocycles. The molecule has 3 aromatic rings. The first-order valence-corrected chi connectivity index (χ1v) is 9.61. The van der Waals surface area contributed by atoms with Crippen LogP contribution in [0.25, 0.3) is 11.3 Å². The summed E-state index contributed by atoms with van der Waals surface area (Å²) in [5.41, 5.74) is 3.02. The SMILES string of the molecule is Cn1cc(-c2ncccc2CNS(=O)(=O)Cc2ccc(Cl)cc2)cn1. The summed E-state index contributed by atoms with van der Waals surface area (Å²) in [7, 11) is -1.66. The Balaban J connectivity index is 1.74. The van der Waals surface area contributed by atoms with E-state index in [0.29, 0.717) is 16.3 Å². The van der Waals surface area contributed by atoms with Gasteiger partial charge in [-0.1, -0.05) is 29.8 Å². The maximum absolute atomic E-state index is 12.3. The second-order valence-corrected chi connectivity index (χ2v) is 7.86. The van der Waals surface area contributed by atoms with Gasteiger partial charge in [0.1, 0.15) is 0 Å². The summed E-state index contributed by atoms with van der Waals surface area (Å²) < 4.78 is 29.0. The third kappa shape index (κ3) is 4.66. The third-order valence-corrected chi connectivity index (χ3v) is 5.17. The summed E-state index contributed by atoms with van der Waals surface area (Å²) in [6, 6.07) is 10.4. The van der Waals surface area contributed by atoms with Gasteiger partial charge in [-0.15, -0.1) is 0 Å². The Bertz CT molecular complexity index is 968. The lowest BCUT2D eigenvalue weighted by molar-refractivity contribution is 0.580.